The number of non-ortho nitro benzene ring substituents is 1. The van der Waals surface area contributed by atoms with Crippen LogP contribution in [-0.4, -0.2) is 30.2 Å². The summed E-state index contributed by atoms with van der Waals surface area (Å²) in [7, 11) is 0. The van der Waals surface area contributed by atoms with Crippen LogP contribution >= 0.6 is 0 Å². The predicted molar refractivity (Wildman–Crippen MR) is 65.2 cm³/mol. The van der Waals surface area contributed by atoms with Crippen LogP contribution in [0, 0.1) is 21.7 Å². The number of rotatable bonds is 2. The van der Waals surface area contributed by atoms with Gasteiger partial charge in [0.05, 0.1) is 29.3 Å². The number of hydrogen-bond acceptors (Lipinski definition) is 4. The fraction of sp³-hybridized carbons (Fsp3) is 0.500. The molecule has 1 aromatic rings. The normalized spacial score (nSPS) is 23.5. The Balaban J connectivity index is 2.37. The number of nitrogens with zero attached hydrogens (tertiary/aromatic N) is 2. The third kappa shape index (κ3) is 2.81. The monoisotopic (exact) mass is 272 g/mol. The SMILES string of the molecule is C[C@@H]1CN(c2c(F)cc([N+](=O)[O-])cc2F)C[C@H](C)O1. The van der Waals surface area contributed by atoms with Crippen LogP contribution in [0.1, 0.15) is 13.8 Å². The fourth-order valence-corrected chi connectivity index (χ4v) is 2.32. The maximum atomic E-state index is 13.9. The Morgan fingerprint density at radius 1 is 1.26 bits per heavy atom. The lowest BCUT2D eigenvalue weighted by molar-refractivity contribution is -0.385. The number of ether oxygens (including phenoxy) is 1. The summed E-state index contributed by atoms with van der Waals surface area (Å²) in [5.74, 6) is -1.85. The number of halogens is 2. The van der Waals surface area contributed by atoms with Gasteiger partial charge in [-0.05, 0) is 13.8 Å². The van der Waals surface area contributed by atoms with Crippen molar-refractivity contribution in [3.8, 4) is 0 Å². The molecule has 1 saturated heterocycles. The van der Waals surface area contributed by atoms with E-state index in [2.05, 4.69) is 0 Å². The number of hydrogen-bond donors (Lipinski definition) is 0. The Morgan fingerprint density at radius 3 is 2.16 bits per heavy atom. The first-order chi connectivity index (χ1) is 8.88. The lowest BCUT2D eigenvalue weighted by Gasteiger charge is -2.36. The maximum Gasteiger partial charge on any atom is 0.275 e. The van der Waals surface area contributed by atoms with E-state index in [9.17, 15) is 18.9 Å². The van der Waals surface area contributed by atoms with Gasteiger partial charge in [0.1, 0.15) is 5.69 Å². The minimum Gasteiger partial charge on any atom is -0.372 e. The Bertz CT molecular complexity index is 477. The highest BCUT2D eigenvalue weighted by atomic mass is 19.1. The topological polar surface area (TPSA) is 55.6 Å². The van der Waals surface area contributed by atoms with Gasteiger partial charge in [-0.2, -0.15) is 0 Å². The van der Waals surface area contributed by atoms with Crippen molar-refractivity contribution in [3.05, 3.63) is 33.9 Å². The van der Waals surface area contributed by atoms with Crippen molar-refractivity contribution in [2.75, 3.05) is 18.0 Å². The summed E-state index contributed by atoms with van der Waals surface area (Å²) in [6.07, 6.45) is -0.310. The number of morpholine rings is 1. The van der Waals surface area contributed by atoms with E-state index in [-0.39, 0.29) is 17.9 Å². The molecule has 2 atom stereocenters. The average Bonchev–Trinajstić information content (AvgIpc) is 2.26. The second-order valence-corrected chi connectivity index (χ2v) is 4.68. The quantitative estimate of drug-likeness (QED) is 0.613. The van der Waals surface area contributed by atoms with E-state index in [1.54, 1.807) is 0 Å². The molecule has 1 aliphatic heterocycles. The smallest absolute Gasteiger partial charge is 0.275 e. The van der Waals surface area contributed by atoms with Crippen LogP contribution in [0.2, 0.25) is 0 Å². The lowest BCUT2D eigenvalue weighted by Crippen LogP contribution is -2.46. The van der Waals surface area contributed by atoms with Crippen LogP contribution in [0.5, 0.6) is 0 Å². The molecule has 0 unspecified atom stereocenters. The molecule has 0 spiro atoms. The third-order valence-electron chi connectivity index (χ3n) is 2.95. The number of benzene rings is 1. The summed E-state index contributed by atoms with van der Waals surface area (Å²) in [4.78, 5) is 11.2. The molecule has 0 aliphatic carbocycles. The van der Waals surface area contributed by atoms with Crippen LogP contribution in [-0.2, 0) is 4.74 Å². The number of anilines is 1. The van der Waals surface area contributed by atoms with Gasteiger partial charge in [0.25, 0.3) is 5.69 Å². The Kier molecular flexibility index (Phi) is 3.66. The molecule has 0 aromatic heterocycles. The van der Waals surface area contributed by atoms with Gasteiger partial charge >= 0.3 is 0 Å². The molecule has 0 amide bonds. The van der Waals surface area contributed by atoms with E-state index in [4.69, 9.17) is 4.74 Å². The van der Waals surface area contributed by atoms with Crippen molar-refractivity contribution in [1.29, 1.82) is 0 Å². The minimum atomic E-state index is -0.923. The van der Waals surface area contributed by atoms with Gasteiger partial charge < -0.3 is 9.64 Å². The Labute approximate surface area is 108 Å². The van der Waals surface area contributed by atoms with Crippen LogP contribution < -0.4 is 4.90 Å². The summed E-state index contributed by atoms with van der Waals surface area (Å²) in [6, 6.07) is 1.48. The molecule has 0 radical (unpaired) electrons. The van der Waals surface area contributed by atoms with Crippen LogP contribution in [0.4, 0.5) is 20.2 Å². The first kappa shape index (κ1) is 13.7. The molecular weight excluding hydrogens is 258 g/mol. The molecule has 7 heteroatoms. The van der Waals surface area contributed by atoms with Crippen LogP contribution in [0.3, 0.4) is 0 Å². The largest absolute Gasteiger partial charge is 0.372 e. The second-order valence-electron chi connectivity index (χ2n) is 4.68. The Hall–Kier alpha value is -1.76. The molecule has 1 aromatic carbocycles. The van der Waals surface area contributed by atoms with Gasteiger partial charge in [0.15, 0.2) is 11.6 Å². The van der Waals surface area contributed by atoms with Crippen molar-refractivity contribution in [1.82, 2.24) is 0 Å². The number of nitro groups is 1. The van der Waals surface area contributed by atoms with Crippen molar-refractivity contribution in [2.24, 2.45) is 0 Å². The van der Waals surface area contributed by atoms with Crippen molar-refractivity contribution < 1.29 is 18.4 Å². The molecule has 2 rings (SSSR count). The summed E-state index contributed by atoms with van der Waals surface area (Å²) < 4.78 is 33.3. The van der Waals surface area contributed by atoms with Gasteiger partial charge in [-0.3, -0.25) is 10.1 Å². The standard InChI is InChI=1S/C12H14F2N2O3/c1-7-5-15(6-8(2)19-7)12-10(13)3-9(16(17)18)4-11(12)14/h3-4,7-8H,5-6H2,1-2H3/t7-,8+. The third-order valence-corrected chi connectivity index (χ3v) is 2.95. The maximum absolute atomic E-state index is 13.9. The van der Waals surface area contributed by atoms with Gasteiger partial charge in [0, 0.05) is 13.1 Å². The predicted octanol–water partition coefficient (Wildman–Crippen LogP) is 2.49. The molecule has 0 bridgehead atoms. The lowest BCUT2D eigenvalue weighted by atomic mass is 10.1. The van der Waals surface area contributed by atoms with E-state index < -0.39 is 22.2 Å². The molecule has 104 valence electrons. The van der Waals surface area contributed by atoms with Crippen molar-refractivity contribution in [3.63, 3.8) is 0 Å². The molecule has 1 fully saturated rings. The zero-order chi connectivity index (χ0) is 14.2. The summed E-state index contributed by atoms with van der Waals surface area (Å²) >= 11 is 0. The van der Waals surface area contributed by atoms with Gasteiger partial charge in [-0.15, -0.1) is 0 Å². The van der Waals surface area contributed by atoms with Crippen LogP contribution in [0.25, 0.3) is 0 Å². The van der Waals surface area contributed by atoms with Gasteiger partial charge in [-0.1, -0.05) is 0 Å². The summed E-state index contributed by atoms with van der Waals surface area (Å²) in [5.41, 5.74) is -0.819. The highest BCUT2D eigenvalue weighted by molar-refractivity contribution is 5.54. The molecule has 19 heavy (non-hydrogen) atoms. The summed E-state index contributed by atoms with van der Waals surface area (Å²) in [5, 5.41) is 10.5. The average molecular weight is 272 g/mol. The highest BCUT2D eigenvalue weighted by Gasteiger charge is 2.28. The summed E-state index contributed by atoms with van der Waals surface area (Å²) in [6.45, 7) is 4.31. The molecule has 0 N–H and O–H groups in total. The van der Waals surface area contributed by atoms with E-state index in [0.717, 1.165) is 12.1 Å². The van der Waals surface area contributed by atoms with E-state index in [1.165, 1.54) is 4.90 Å². The van der Waals surface area contributed by atoms with E-state index in [0.29, 0.717) is 13.1 Å². The molecule has 1 aliphatic rings. The first-order valence-electron chi connectivity index (χ1n) is 5.92. The van der Waals surface area contributed by atoms with Crippen molar-refractivity contribution in [2.45, 2.75) is 26.1 Å². The molecular formula is C12H14F2N2O3. The van der Waals surface area contributed by atoms with Gasteiger partial charge in [-0.25, -0.2) is 8.78 Å². The van der Waals surface area contributed by atoms with E-state index in [1.807, 2.05) is 13.8 Å². The zero-order valence-corrected chi connectivity index (χ0v) is 10.6. The highest BCUT2D eigenvalue weighted by Crippen LogP contribution is 2.30. The van der Waals surface area contributed by atoms with Crippen LogP contribution in [0.15, 0.2) is 12.1 Å². The van der Waals surface area contributed by atoms with E-state index >= 15 is 0 Å². The zero-order valence-electron chi connectivity index (χ0n) is 10.6. The fourth-order valence-electron chi connectivity index (χ4n) is 2.32. The second kappa shape index (κ2) is 5.08. The van der Waals surface area contributed by atoms with Gasteiger partial charge in [0.2, 0.25) is 0 Å². The number of nitro benzene ring substituents is 1. The van der Waals surface area contributed by atoms with Crippen molar-refractivity contribution >= 4 is 11.4 Å². The molecule has 5 nitrogen and oxygen atoms in total. The Morgan fingerprint density at radius 2 is 1.74 bits per heavy atom. The molecule has 1 heterocycles. The molecule has 0 saturated carbocycles. The first-order valence-corrected chi connectivity index (χ1v) is 5.92. The minimum absolute atomic E-state index is 0.155.